The third-order valence-corrected chi connectivity index (χ3v) is 4.80. The molecule has 0 aliphatic carbocycles. The molecule has 1 aromatic carbocycles. The Hall–Kier alpha value is -1.88. The van der Waals surface area contributed by atoms with E-state index in [1.807, 2.05) is 44.2 Å². The van der Waals surface area contributed by atoms with Crippen LogP contribution in [-0.4, -0.2) is 39.9 Å². The van der Waals surface area contributed by atoms with Crippen LogP contribution >= 0.6 is 0 Å². The molecule has 0 saturated carbocycles. The van der Waals surface area contributed by atoms with Gasteiger partial charge in [-0.05, 0) is 59.9 Å². The standard InChI is InChI=1S/C21H33N3O2/c1-15(2)24(14-16-10-8-7-9-11-16)19(26)18(25)22-17-12-20(3,4)23-21(5,6)13-17/h7-11,15,17,23H,12-14H2,1-6H3,(H,22,25). The van der Waals surface area contributed by atoms with E-state index in [1.165, 1.54) is 0 Å². The maximum absolute atomic E-state index is 12.8. The van der Waals surface area contributed by atoms with E-state index in [9.17, 15) is 9.59 Å². The molecule has 5 heteroatoms. The smallest absolute Gasteiger partial charge is 0.312 e. The molecule has 0 radical (unpaired) electrons. The van der Waals surface area contributed by atoms with Crippen molar-refractivity contribution >= 4 is 11.8 Å². The van der Waals surface area contributed by atoms with Gasteiger partial charge in [-0.3, -0.25) is 9.59 Å². The molecule has 0 spiro atoms. The highest BCUT2D eigenvalue weighted by molar-refractivity contribution is 6.35. The quantitative estimate of drug-likeness (QED) is 0.813. The molecule has 1 aliphatic heterocycles. The van der Waals surface area contributed by atoms with Crippen molar-refractivity contribution in [3.8, 4) is 0 Å². The van der Waals surface area contributed by atoms with E-state index in [4.69, 9.17) is 0 Å². The maximum Gasteiger partial charge on any atom is 0.312 e. The lowest BCUT2D eigenvalue weighted by atomic mass is 9.79. The van der Waals surface area contributed by atoms with E-state index in [0.717, 1.165) is 18.4 Å². The SMILES string of the molecule is CC(C)N(Cc1ccccc1)C(=O)C(=O)NC1CC(C)(C)NC(C)(C)C1. The molecule has 1 aromatic rings. The zero-order chi connectivity index (χ0) is 19.5. The highest BCUT2D eigenvalue weighted by Crippen LogP contribution is 2.28. The van der Waals surface area contributed by atoms with Crippen LogP contribution < -0.4 is 10.6 Å². The number of hydrogen-bond acceptors (Lipinski definition) is 3. The van der Waals surface area contributed by atoms with Crippen LogP contribution in [0.5, 0.6) is 0 Å². The van der Waals surface area contributed by atoms with Gasteiger partial charge in [-0.2, -0.15) is 0 Å². The summed E-state index contributed by atoms with van der Waals surface area (Å²) in [4.78, 5) is 27.1. The van der Waals surface area contributed by atoms with Crippen molar-refractivity contribution in [1.82, 2.24) is 15.5 Å². The van der Waals surface area contributed by atoms with Crippen LogP contribution in [0.25, 0.3) is 0 Å². The first-order valence-electron chi connectivity index (χ1n) is 9.44. The lowest BCUT2D eigenvalue weighted by Gasteiger charge is -2.46. The molecule has 2 rings (SSSR count). The normalized spacial score (nSPS) is 19.2. The van der Waals surface area contributed by atoms with Gasteiger partial charge in [0.2, 0.25) is 0 Å². The Morgan fingerprint density at radius 1 is 1.12 bits per heavy atom. The van der Waals surface area contributed by atoms with E-state index >= 15 is 0 Å². The number of carbonyl (C=O) groups excluding carboxylic acids is 2. The number of rotatable bonds is 4. The van der Waals surface area contributed by atoms with Crippen LogP contribution in [0.4, 0.5) is 0 Å². The molecule has 1 heterocycles. The van der Waals surface area contributed by atoms with E-state index in [2.05, 4.69) is 38.3 Å². The molecular weight excluding hydrogens is 326 g/mol. The molecule has 2 amide bonds. The van der Waals surface area contributed by atoms with Crippen molar-refractivity contribution in [2.45, 2.75) is 84.1 Å². The van der Waals surface area contributed by atoms with Gasteiger partial charge in [0.1, 0.15) is 0 Å². The van der Waals surface area contributed by atoms with E-state index in [-0.39, 0.29) is 23.2 Å². The van der Waals surface area contributed by atoms with Crippen LogP contribution in [0.2, 0.25) is 0 Å². The first-order valence-corrected chi connectivity index (χ1v) is 9.44. The third kappa shape index (κ3) is 5.56. The summed E-state index contributed by atoms with van der Waals surface area (Å²) in [7, 11) is 0. The van der Waals surface area contributed by atoms with Crippen molar-refractivity contribution in [1.29, 1.82) is 0 Å². The van der Waals surface area contributed by atoms with Gasteiger partial charge in [-0.1, -0.05) is 30.3 Å². The molecule has 0 unspecified atom stereocenters. The number of nitrogens with zero attached hydrogens (tertiary/aromatic N) is 1. The van der Waals surface area contributed by atoms with Crippen LogP contribution in [0.15, 0.2) is 30.3 Å². The largest absolute Gasteiger partial charge is 0.345 e. The van der Waals surface area contributed by atoms with Crippen LogP contribution in [0, 0.1) is 0 Å². The highest BCUT2D eigenvalue weighted by atomic mass is 16.2. The van der Waals surface area contributed by atoms with Crippen molar-refractivity contribution in [3.63, 3.8) is 0 Å². The van der Waals surface area contributed by atoms with Crippen molar-refractivity contribution < 1.29 is 9.59 Å². The lowest BCUT2D eigenvalue weighted by Crippen LogP contribution is -2.63. The number of nitrogens with one attached hydrogen (secondary N) is 2. The fourth-order valence-electron chi connectivity index (χ4n) is 4.07. The second-order valence-electron chi connectivity index (χ2n) is 8.98. The summed E-state index contributed by atoms with van der Waals surface area (Å²) < 4.78 is 0. The van der Waals surface area contributed by atoms with Gasteiger partial charge in [-0.15, -0.1) is 0 Å². The van der Waals surface area contributed by atoms with Gasteiger partial charge in [0.05, 0.1) is 0 Å². The lowest BCUT2D eigenvalue weighted by molar-refractivity contribution is -0.148. The number of benzene rings is 1. The molecule has 0 atom stereocenters. The second kappa shape index (κ2) is 7.78. The Morgan fingerprint density at radius 3 is 2.15 bits per heavy atom. The molecule has 5 nitrogen and oxygen atoms in total. The number of carbonyl (C=O) groups is 2. The Bertz CT molecular complexity index is 622. The predicted octanol–water partition coefficient (Wildman–Crippen LogP) is 2.85. The van der Waals surface area contributed by atoms with Crippen molar-refractivity contribution in [2.75, 3.05) is 0 Å². The van der Waals surface area contributed by atoms with Gasteiger partial charge >= 0.3 is 11.8 Å². The summed E-state index contributed by atoms with van der Waals surface area (Å²) in [5.41, 5.74) is 0.862. The number of hydrogen-bond donors (Lipinski definition) is 2. The summed E-state index contributed by atoms with van der Waals surface area (Å²) >= 11 is 0. The van der Waals surface area contributed by atoms with Gasteiger partial charge in [0.15, 0.2) is 0 Å². The maximum atomic E-state index is 12.8. The second-order valence-corrected chi connectivity index (χ2v) is 8.98. The average molecular weight is 360 g/mol. The summed E-state index contributed by atoms with van der Waals surface area (Å²) in [5, 5.41) is 6.57. The van der Waals surface area contributed by atoms with E-state index in [0.29, 0.717) is 6.54 Å². The van der Waals surface area contributed by atoms with Gasteiger partial charge in [-0.25, -0.2) is 0 Å². The topological polar surface area (TPSA) is 61.4 Å². The zero-order valence-electron chi connectivity index (χ0n) is 16.9. The number of amides is 2. The molecule has 144 valence electrons. The molecular formula is C21H33N3O2. The summed E-state index contributed by atoms with van der Waals surface area (Å²) in [6.45, 7) is 12.8. The Balaban J connectivity index is 2.05. The average Bonchev–Trinajstić information content (AvgIpc) is 2.49. The Morgan fingerprint density at radius 2 is 1.65 bits per heavy atom. The highest BCUT2D eigenvalue weighted by Gasteiger charge is 2.39. The van der Waals surface area contributed by atoms with Crippen LogP contribution in [-0.2, 0) is 16.1 Å². The minimum atomic E-state index is -0.506. The molecule has 1 aliphatic rings. The first kappa shape index (κ1) is 20.4. The number of piperidine rings is 1. The fraction of sp³-hybridized carbons (Fsp3) is 0.619. The van der Waals surface area contributed by atoms with Gasteiger partial charge in [0, 0.05) is 29.7 Å². The monoisotopic (exact) mass is 359 g/mol. The molecule has 1 saturated heterocycles. The molecule has 0 aromatic heterocycles. The molecule has 1 fully saturated rings. The summed E-state index contributed by atoms with van der Waals surface area (Å²) in [5.74, 6) is -0.967. The van der Waals surface area contributed by atoms with Crippen LogP contribution in [0.1, 0.15) is 59.9 Å². The fourth-order valence-corrected chi connectivity index (χ4v) is 4.07. The Labute approximate surface area is 157 Å². The minimum Gasteiger partial charge on any atom is -0.345 e. The predicted molar refractivity (Wildman–Crippen MR) is 105 cm³/mol. The van der Waals surface area contributed by atoms with E-state index in [1.54, 1.807) is 4.90 Å². The Kier molecular flexibility index (Phi) is 6.12. The first-order chi connectivity index (χ1) is 12.0. The molecule has 2 N–H and O–H groups in total. The summed E-state index contributed by atoms with van der Waals surface area (Å²) in [6.07, 6.45) is 1.60. The molecule has 0 bridgehead atoms. The minimum absolute atomic E-state index is 0.0107. The zero-order valence-corrected chi connectivity index (χ0v) is 16.9. The van der Waals surface area contributed by atoms with E-state index < -0.39 is 11.8 Å². The van der Waals surface area contributed by atoms with Crippen molar-refractivity contribution in [3.05, 3.63) is 35.9 Å². The van der Waals surface area contributed by atoms with Gasteiger partial charge < -0.3 is 15.5 Å². The van der Waals surface area contributed by atoms with Crippen LogP contribution in [0.3, 0.4) is 0 Å². The molecule has 26 heavy (non-hydrogen) atoms. The van der Waals surface area contributed by atoms with Gasteiger partial charge in [0.25, 0.3) is 0 Å². The van der Waals surface area contributed by atoms with Crippen molar-refractivity contribution in [2.24, 2.45) is 0 Å². The summed E-state index contributed by atoms with van der Waals surface area (Å²) in [6, 6.07) is 9.71. The third-order valence-electron chi connectivity index (χ3n) is 4.80.